The van der Waals surface area contributed by atoms with Gasteiger partial charge in [-0.3, -0.25) is 19.1 Å². The number of carbonyl (C=O) groups excluding carboxylic acids is 1. The van der Waals surface area contributed by atoms with E-state index in [1.807, 2.05) is 0 Å². The van der Waals surface area contributed by atoms with E-state index < -0.39 is 23.0 Å². The lowest BCUT2D eigenvalue weighted by atomic mass is 10.1. The molecule has 1 amide bonds. The van der Waals surface area contributed by atoms with Crippen LogP contribution in [0.1, 0.15) is 5.56 Å². The molecule has 2 heterocycles. The van der Waals surface area contributed by atoms with Gasteiger partial charge in [0, 0.05) is 19.3 Å². The van der Waals surface area contributed by atoms with Crippen molar-refractivity contribution in [1.29, 1.82) is 0 Å². The molecule has 128 valence electrons. The lowest BCUT2D eigenvalue weighted by Crippen LogP contribution is -2.39. The molecule has 0 radical (unpaired) electrons. The Bertz CT molecular complexity index is 1040. The number of H-pyrrole nitrogens is 1. The number of rotatable bonds is 5. The third-order valence-electron chi connectivity index (χ3n) is 3.72. The van der Waals surface area contributed by atoms with Crippen LogP contribution in [-0.2, 0) is 17.8 Å². The summed E-state index contributed by atoms with van der Waals surface area (Å²) in [5.74, 6) is -0.843. The summed E-state index contributed by atoms with van der Waals surface area (Å²) in [4.78, 5) is 42.6. The van der Waals surface area contributed by atoms with Gasteiger partial charge >= 0.3 is 5.69 Å². The first-order valence-corrected chi connectivity index (χ1v) is 7.64. The Hall–Kier alpha value is -3.29. The minimum atomic E-state index is -0.598. The fourth-order valence-electron chi connectivity index (χ4n) is 2.47. The number of nitrogens with one attached hydrogen (secondary N) is 2. The van der Waals surface area contributed by atoms with E-state index in [2.05, 4.69) is 15.3 Å². The van der Waals surface area contributed by atoms with Gasteiger partial charge in [-0.2, -0.15) is 0 Å². The first kappa shape index (κ1) is 16.6. The standard InChI is InChI=1S/C17H15FN4O3/c18-13-6-2-1-4-11(13)10-14(23)19-8-9-22-16(24)12-5-3-7-20-15(12)21-17(22)25/h1-7H,8-10H2,(H,19,23)(H,20,21,25). The number of halogens is 1. The quantitative estimate of drug-likeness (QED) is 0.709. The first-order valence-electron chi connectivity index (χ1n) is 7.64. The van der Waals surface area contributed by atoms with Gasteiger partial charge in [-0.05, 0) is 23.8 Å². The number of fused-ring (bicyclic) bond motifs is 1. The molecule has 0 aliphatic rings. The molecule has 0 fully saturated rings. The van der Waals surface area contributed by atoms with Gasteiger partial charge in [0.15, 0.2) is 0 Å². The fourth-order valence-corrected chi connectivity index (χ4v) is 2.47. The van der Waals surface area contributed by atoms with E-state index >= 15 is 0 Å². The van der Waals surface area contributed by atoms with Gasteiger partial charge in [0.05, 0.1) is 11.8 Å². The molecule has 2 N–H and O–H groups in total. The summed E-state index contributed by atoms with van der Waals surface area (Å²) in [5, 5.41) is 2.87. The number of aromatic nitrogens is 3. The number of aromatic amines is 1. The molecule has 0 spiro atoms. The molecular weight excluding hydrogens is 327 g/mol. The van der Waals surface area contributed by atoms with Gasteiger partial charge in [0.1, 0.15) is 11.5 Å². The Morgan fingerprint density at radius 2 is 2.00 bits per heavy atom. The number of carbonyl (C=O) groups is 1. The monoisotopic (exact) mass is 342 g/mol. The second-order valence-electron chi connectivity index (χ2n) is 5.40. The zero-order chi connectivity index (χ0) is 17.8. The Labute approximate surface area is 141 Å². The Morgan fingerprint density at radius 3 is 2.80 bits per heavy atom. The Kier molecular flexibility index (Phi) is 4.69. The van der Waals surface area contributed by atoms with Crippen LogP contribution in [0.3, 0.4) is 0 Å². The molecule has 0 aliphatic heterocycles. The summed E-state index contributed by atoms with van der Waals surface area (Å²) in [6, 6.07) is 9.17. The van der Waals surface area contributed by atoms with Gasteiger partial charge in [-0.15, -0.1) is 0 Å². The molecule has 0 atom stereocenters. The van der Waals surface area contributed by atoms with Crippen molar-refractivity contribution in [3.05, 3.63) is 74.8 Å². The SMILES string of the molecule is O=C(Cc1ccccc1F)NCCn1c(=O)[nH]c2ncccc2c1=O. The maximum atomic E-state index is 13.5. The van der Waals surface area contributed by atoms with Crippen molar-refractivity contribution >= 4 is 16.9 Å². The van der Waals surface area contributed by atoms with Gasteiger partial charge in [0.2, 0.25) is 5.91 Å². The minimum absolute atomic E-state index is 0.00200. The van der Waals surface area contributed by atoms with Crippen molar-refractivity contribution in [2.75, 3.05) is 6.54 Å². The number of amides is 1. The number of pyridine rings is 1. The molecule has 0 saturated carbocycles. The van der Waals surface area contributed by atoms with Crippen molar-refractivity contribution < 1.29 is 9.18 Å². The summed E-state index contributed by atoms with van der Waals surface area (Å²) in [7, 11) is 0. The molecule has 7 nitrogen and oxygen atoms in total. The maximum absolute atomic E-state index is 13.5. The zero-order valence-corrected chi connectivity index (χ0v) is 13.2. The largest absolute Gasteiger partial charge is 0.354 e. The number of hydrogen-bond acceptors (Lipinski definition) is 4. The van der Waals surface area contributed by atoms with Crippen molar-refractivity contribution in [2.24, 2.45) is 0 Å². The van der Waals surface area contributed by atoms with E-state index in [9.17, 15) is 18.8 Å². The summed E-state index contributed by atoms with van der Waals surface area (Å²) < 4.78 is 14.5. The molecule has 0 saturated heterocycles. The molecule has 0 aliphatic carbocycles. The van der Waals surface area contributed by atoms with Crippen LogP contribution in [0.15, 0.2) is 52.2 Å². The molecule has 0 unspecified atom stereocenters. The van der Waals surface area contributed by atoms with Gasteiger partial charge in [-0.25, -0.2) is 14.2 Å². The van der Waals surface area contributed by atoms with Crippen molar-refractivity contribution in [3.63, 3.8) is 0 Å². The smallest absolute Gasteiger partial charge is 0.330 e. The fraction of sp³-hybridized carbons (Fsp3) is 0.176. The molecule has 3 rings (SSSR count). The molecule has 25 heavy (non-hydrogen) atoms. The highest BCUT2D eigenvalue weighted by molar-refractivity contribution is 5.78. The van der Waals surface area contributed by atoms with Crippen LogP contribution in [0, 0.1) is 5.82 Å². The van der Waals surface area contributed by atoms with Crippen molar-refractivity contribution in [3.8, 4) is 0 Å². The van der Waals surface area contributed by atoms with Gasteiger partial charge in [-0.1, -0.05) is 18.2 Å². The highest BCUT2D eigenvalue weighted by atomic mass is 19.1. The third kappa shape index (κ3) is 3.63. The molecule has 1 aromatic carbocycles. The van der Waals surface area contributed by atoms with Crippen LogP contribution >= 0.6 is 0 Å². The number of benzene rings is 1. The van der Waals surface area contributed by atoms with Crippen LogP contribution in [0.4, 0.5) is 4.39 Å². The first-order chi connectivity index (χ1) is 12.1. The highest BCUT2D eigenvalue weighted by Crippen LogP contribution is 2.06. The van der Waals surface area contributed by atoms with Gasteiger partial charge < -0.3 is 5.32 Å². The lowest BCUT2D eigenvalue weighted by Gasteiger charge is -2.08. The average Bonchev–Trinajstić information content (AvgIpc) is 2.60. The Balaban J connectivity index is 1.67. The van der Waals surface area contributed by atoms with Crippen LogP contribution in [0.25, 0.3) is 11.0 Å². The number of hydrogen-bond donors (Lipinski definition) is 2. The summed E-state index contributed by atoms with van der Waals surface area (Å²) in [6.07, 6.45) is 1.37. The zero-order valence-electron chi connectivity index (χ0n) is 13.2. The molecule has 8 heteroatoms. The summed E-state index contributed by atoms with van der Waals surface area (Å²) in [6.45, 7) is 0.0735. The molecule has 2 aromatic heterocycles. The van der Waals surface area contributed by atoms with Crippen LogP contribution in [0.2, 0.25) is 0 Å². The van der Waals surface area contributed by atoms with Crippen LogP contribution < -0.4 is 16.6 Å². The predicted octanol–water partition coefficient (Wildman–Crippen LogP) is 0.583. The normalized spacial score (nSPS) is 10.8. The summed E-state index contributed by atoms with van der Waals surface area (Å²) in [5.41, 5.74) is -0.570. The van der Waals surface area contributed by atoms with E-state index in [1.54, 1.807) is 24.3 Å². The van der Waals surface area contributed by atoms with Crippen LogP contribution in [-0.4, -0.2) is 27.0 Å². The predicted molar refractivity (Wildman–Crippen MR) is 89.7 cm³/mol. The second-order valence-corrected chi connectivity index (χ2v) is 5.40. The van der Waals surface area contributed by atoms with E-state index in [0.717, 1.165) is 4.57 Å². The molecular formula is C17H15FN4O3. The number of nitrogens with zero attached hydrogens (tertiary/aromatic N) is 2. The molecule has 0 bridgehead atoms. The molecule has 3 aromatic rings. The minimum Gasteiger partial charge on any atom is -0.354 e. The van der Waals surface area contributed by atoms with Gasteiger partial charge in [0.25, 0.3) is 5.56 Å². The lowest BCUT2D eigenvalue weighted by molar-refractivity contribution is -0.120. The van der Waals surface area contributed by atoms with Crippen molar-refractivity contribution in [2.45, 2.75) is 13.0 Å². The Morgan fingerprint density at radius 1 is 1.20 bits per heavy atom. The van der Waals surface area contributed by atoms with E-state index in [1.165, 1.54) is 18.3 Å². The highest BCUT2D eigenvalue weighted by Gasteiger charge is 2.10. The topological polar surface area (TPSA) is 96.8 Å². The van der Waals surface area contributed by atoms with E-state index in [-0.39, 0.29) is 30.7 Å². The maximum Gasteiger partial charge on any atom is 0.330 e. The average molecular weight is 342 g/mol. The summed E-state index contributed by atoms with van der Waals surface area (Å²) >= 11 is 0. The third-order valence-corrected chi connectivity index (χ3v) is 3.72. The van der Waals surface area contributed by atoms with E-state index in [0.29, 0.717) is 5.39 Å². The van der Waals surface area contributed by atoms with Crippen molar-refractivity contribution in [1.82, 2.24) is 19.9 Å². The second kappa shape index (κ2) is 7.08. The van der Waals surface area contributed by atoms with Crippen LogP contribution in [0.5, 0.6) is 0 Å². The van der Waals surface area contributed by atoms with E-state index in [4.69, 9.17) is 0 Å².